The molecule has 0 spiro atoms. The number of nitrogens with zero attached hydrogens (tertiary/aromatic N) is 3. The Balaban J connectivity index is 2.33. The molecule has 17 heavy (non-hydrogen) atoms. The average Bonchev–Trinajstić information content (AvgIpc) is 2.65. The number of imidazole rings is 1. The minimum Gasteiger partial charge on any atom is -0.344 e. The largest absolute Gasteiger partial charge is 0.344 e. The van der Waals surface area contributed by atoms with Crippen LogP contribution in [0.15, 0.2) is 6.20 Å². The average molecular weight is 257 g/mol. The third-order valence-corrected chi connectivity index (χ3v) is 3.17. The van der Waals surface area contributed by atoms with Crippen molar-refractivity contribution in [1.29, 1.82) is 0 Å². The van der Waals surface area contributed by atoms with E-state index in [0.29, 0.717) is 0 Å². The summed E-state index contributed by atoms with van der Waals surface area (Å²) in [5, 5.41) is 2.50. The Kier molecular flexibility index (Phi) is 5.14. The van der Waals surface area contributed by atoms with Gasteiger partial charge in [-0.15, -0.1) is 0 Å². The number of nitrogens with one attached hydrogen (secondary N) is 2. The van der Waals surface area contributed by atoms with Crippen LogP contribution in [0.1, 0.15) is 5.69 Å². The zero-order chi connectivity index (χ0) is 12.8. The second kappa shape index (κ2) is 6.39. The molecule has 0 saturated heterocycles. The molecule has 0 fully saturated rings. The van der Waals surface area contributed by atoms with Crippen LogP contribution in [0.3, 0.4) is 0 Å². The van der Waals surface area contributed by atoms with E-state index in [1.807, 2.05) is 31.8 Å². The van der Waals surface area contributed by atoms with Gasteiger partial charge in [-0.05, 0) is 18.9 Å². The molecule has 1 heterocycles. The summed E-state index contributed by atoms with van der Waals surface area (Å²) in [5.74, 6) is 1.73. The molecule has 6 nitrogen and oxygen atoms in total. The van der Waals surface area contributed by atoms with Crippen LogP contribution < -0.4 is 14.9 Å². The van der Waals surface area contributed by atoms with Crippen molar-refractivity contribution in [2.75, 3.05) is 31.3 Å². The highest BCUT2D eigenvalue weighted by Crippen LogP contribution is 2.11. The summed E-state index contributed by atoms with van der Waals surface area (Å²) in [5.41, 5.74) is 1.13. The molecule has 0 atom stereocenters. The molecule has 2 N–H and O–H groups in total. The lowest BCUT2D eigenvalue weighted by Crippen LogP contribution is -2.30. The predicted octanol–water partition coefficient (Wildman–Crippen LogP) is 0.742. The number of aromatic nitrogens is 2. The molecule has 0 aliphatic rings. The highest BCUT2D eigenvalue weighted by molar-refractivity contribution is 7.97. The first-order valence-electron chi connectivity index (χ1n) is 5.35. The van der Waals surface area contributed by atoms with Crippen molar-refractivity contribution in [1.82, 2.24) is 19.6 Å². The van der Waals surface area contributed by atoms with Crippen molar-refractivity contribution < 1.29 is 4.79 Å². The molecule has 1 rings (SSSR count). The van der Waals surface area contributed by atoms with Crippen molar-refractivity contribution in [3.8, 4) is 0 Å². The lowest BCUT2D eigenvalue weighted by atomic mass is 10.5. The Morgan fingerprint density at radius 1 is 1.65 bits per heavy atom. The van der Waals surface area contributed by atoms with E-state index in [4.69, 9.17) is 0 Å². The summed E-state index contributed by atoms with van der Waals surface area (Å²) in [6.07, 6.45) is 1.85. The van der Waals surface area contributed by atoms with Gasteiger partial charge in [-0.2, -0.15) is 0 Å². The molecule has 0 aromatic carbocycles. The van der Waals surface area contributed by atoms with Crippen molar-refractivity contribution >= 4 is 23.9 Å². The molecule has 2 amide bonds. The lowest BCUT2D eigenvalue weighted by molar-refractivity contribution is 0.248. The molecular formula is C10H19N5OS. The maximum atomic E-state index is 10.9. The van der Waals surface area contributed by atoms with Crippen LogP contribution >= 0.6 is 11.9 Å². The maximum absolute atomic E-state index is 10.9. The number of hydrogen-bond donors (Lipinski definition) is 2. The van der Waals surface area contributed by atoms with Crippen molar-refractivity contribution in [2.45, 2.75) is 6.92 Å². The smallest absolute Gasteiger partial charge is 0.324 e. The zero-order valence-corrected chi connectivity index (χ0v) is 11.5. The number of carbonyl (C=O) groups is 1. The second-order valence-electron chi connectivity index (χ2n) is 3.71. The van der Waals surface area contributed by atoms with Crippen LogP contribution in [0.4, 0.5) is 10.7 Å². The summed E-state index contributed by atoms with van der Waals surface area (Å²) in [6, 6.07) is -0.175. The fourth-order valence-corrected chi connectivity index (χ4v) is 1.99. The molecule has 0 aliphatic heterocycles. The summed E-state index contributed by atoms with van der Waals surface area (Å²) in [7, 11) is 5.57. The molecule has 1 aromatic rings. The first-order chi connectivity index (χ1) is 8.06. The topological polar surface area (TPSA) is 62.2 Å². The number of amides is 2. The van der Waals surface area contributed by atoms with Crippen LogP contribution in [0.2, 0.25) is 0 Å². The molecule has 0 saturated carbocycles. The summed E-state index contributed by atoms with van der Waals surface area (Å²) < 4.78 is 4.71. The fraction of sp³-hybridized carbons (Fsp3) is 0.600. The zero-order valence-electron chi connectivity index (χ0n) is 10.6. The first-order valence-corrected chi connectivity index (χ1v) is 6.33. The minimum atomic E-state index is -0.175. The van der Waals surface area contributed by atoms with Gasteiger partial charge < -0.3 is 14.8 Å². The Hall–Kier alpha value is -1.37. The molecule has 0 aliphatic carbocycles. The van der Waals surface area contributed by atoms with E-state index in [0.717, 1.165) is 23.9 Å². The SMILES string of the molecule is CNC(=O)NSCCN(C)c1ncc(C)n1C. The standard InChI is InChI=1S/C10H19N5OS/c1-8-7-12-10(15(8)4)14(3)5-6-17-13-9(16)11-2/h7H,5-6H2,1-4H3,(H2,11,13,16). The summed E-state index contributed by atoms with van der Waals surface area (Å²) >= 11 is 1.38. The van der Waals surface area contributed by atoms with Crippen LogP contribution in [0.25, 0.3) is 0 Å². The van der Waals surface area contributed by atoms with Gasteiger partial charge in [0.1, 0.15) is 0 Å². The summed E-state index contributed by atoms with van der Waals surface area (Å²) in [4.78, 5) is 17.3. The van der Waals surface area contributed by atoms with Crippen LogP contribution in [0.5, 0.6) is 0 Å². The third kappa shape index (κ3) is 3.85. The number of carbonyl (C=O) groups excluding carboxylic acids is 1. The third-order valence-electron chi connectivity index (χ3n) is 2.46. The normalized spacial score (nSPS) is 10.1. The van der Waals surface area contributed by atoms with E-state index in [-0.39, 0.29) is 6.03 Å². The first kappa shape index (κ1) is 13.7. The number of hydrogen-bond acceptors (Lipinski definition) is 4. The number of rotatable bonds is 5. The molecule has 0 radical (unpaired) electrons. The van der Waals surface area contributed by atoms with Gasteiger partial charge in [0.25, 0.3) is 0 Å². The second-order valence-corrected chi connectivity index (χ2v) is 4.61. The van der Waals surface area contributed by atoms with Gasteiger partial charge >= 0.3 is 6.03 Å². The molecule has 0 unspecified atom stereocenters. The molecule has 1 aromatic heterocycles. The molecule has 7 heteroatoms. The Morgan fingerprint density at radius 2 is 2.35 bits per heavy atom. The van der Waals surface area contributed by atoms with Gasteiger partial charge in [0, 0.05) is 39.1 Å². The van der Waals surface area contributed by atoms with Crippen LogP contribution in [-0.2, 0) is 7.05 Å². The van der Waals surface area contributed by atoms with E-state index in [1.54, 1.807) is 7.05 Å². The molecule has 96 valence electrons. The van der Waals surface area contributed by atoms with Gasteiger partial charge in [0.15, 0.2) is 0 Å². The maximum Gasteiger partial charge on any atom is 0.324 e. The van der Waals surface area contributed by atoms with Crippen LogP contribution in [-0.4, -0.2) is 42.0 Å². The predicted molar refractivity (Wildman–Crippen MR) is 71.3 cm³/mol. The quantitative estimate of drug-likeness (QED) is 0.603. The number of urea groups is 1. The Bertz CT molecular complexity index is 379. The monoisotopic (exact) mass is 257 g/mol. The van der Waals surface area contributed by atoms with Gasteiger partial charge in [0.2, 0.25) is 5.95 Å². The van der Waals surface area contributed by atoms with Gasteiger partial charge in [-0.1, -0.05) is 0 Å². The molecule has 0 bridgehead atoms. The van der Waals surface area contributed by atoms with Crippen molar-refractivity contribution in [2.24, 2.45) is 7.05 Å². The van der Waals surface area contributed by atoms with Gasteiger partial charge in [0.05, 0.1) is 6.20 Å². The Morgan fingerprint density at radius 3 is 2.88 bits per heavy atom. The van der Waals surface area contributed by atoms with E-state index in [9.17, 15) is 4.79 Å². The number of aryl methyl sites for hydroxylation is 1. The Labute approximate surface area is 106 Å². The van der Waals surface area contributed by atoms with Gasteiger partial charge in [-0.3, -0.25) is 4.72 Å². The minimum absolute atomic E-state index is 0.175. The number of anilines is 1. The van der Waals surface area contributed by atoms with E-state index in [2.05, 4.69) is 19.9 Å². The van der Waals surface area contributed by atoms with E-state index < -0.39 is 0 Å². The fourth-order valence-electron chi connectivity index (χ4n) is 1.29. The van der Waals surface area contributed by atoms with E-state index >= 15 is 0 Å². The highest BCUT2D eigenvalue weighted by atomic mass is 32.2. The highest BCUT2D eigenvalue weighted by Gasteiger charge is 2.08. The van der Waals surface area contributed by atoms with E-state index in [1.165, 1.54) is 11.9 Å². The van der Waals surface area contributed by atoms with Crippen molar-refractivity contribution in [3.63, 3.8) is 0 Å². The summed E-state index contributed by atoms with van der Waals surface area (Å²) in [6.45, 7) is 2.84. The van der Waals surface area contributed by atoms with Gasteiger partial charge in [-0.25, -0.2) is 9.78 Å². The molecular weight excluding hydrogens is 238 g/mol. The van der Waals surface area contributed by atoms with Crippen molar-refractivity contribution in [3.05, 3.63) is 11.9 Å². The lowest BCUT2D eigenvalue weighted by Gasteiger charge is -2.18. The van der Waals surface area contributed by atoms with Crippen LogP contribution in [0, 0.1) is 6.92 Å².